The monoisotopic (exact) mass is 446 g/mol. The minimum Gasteiger partial charge on any atom is -0.286 e. The van der Waals surface area contributed by atoms with Crippen LogP contribution in [-0.2, 0) is 0 Å². The molecular formula is C28H18N2O2S. The maximum atomic E-state index is 12.9. The predicted molar refractivity (Wildman–Crippen MR) is 131 cm³/mol. The van der Waals surface area contributed by atoms with E-state index in [2.05, 4.69) is 9.36 Å². The molecule has 1 heterocycles. The molecule has 0 saturated carbocycles. The minimum absolute atomic E-state index is 0.0386. The average Bonchev–Trinajstić information content (AvgIpc) is 3.39. The van der Waals surface area contributed by atoms with Gasteiger partial charge in [0.25, 0.3) is 0 Å². The lowest BCUT2D eigenvalue weighted by atomic mass is 10.0. The molecule has 1 aromatic heterocycles. The maximum Gasteiger partial charge on any atom is 0.231 e. The second-order valence-corrected chi connectivity index (χ2v) is 8.22. The van der Waals surface area contributed by atoms with Gasteiger partial charge in [0, 0.05) is 11.1 Å². The predicted octanol–water partition coefficient (Wildman–Crippen LogP) is 6.33. The van der Waals surface area contributed by atoms with Crippen molar-refractivity contribution in [2.24, 2.45) is 0 Å². The van der Waals surface area contributed by atoms with Crippen LogP contribution in [0.4, 0.5) is 0 Å². The molecule has 0 spiro atoms. The van der Waals surface area contributed by atoms with Crippen LogP contribution in [0.15, 0.2) is 109 Å². The van der Waals surface area contributed by atoms with Gasteiger partial charge >= 0.3 is 0 Å². The van der Waals surface area contributed by atoms with E-state index in [0.29, 0.717) is 11.1 Å². The van der Waals surface area contributed by atoms with Crippen molar-refractivity contribution in [2.45, 2.75) is 0 Å². The molecule has 4 nitrogen and oxygen atoms in total. The van der Waals surface area contributed by atoms with Crippen LogP contribution in [0.1, 0.15) is 31.5 Å². The summed E-state index contributed by atoms with van der Waals surface area (Å²) >= 11 is 0.945. The standard InChI is InChI=1S/C28H18N2O2S/c31-25(23-15-11-21(12-16-23)19-7-3-1-4-8-19)27-29-28(33-30-27)26(32)24-17-13-22(14-18-24)20-9-5-2-6-10-20/h1-18H. The average molecular weight is 447 g/mol. The van der Waals surface area contributed by atoms with Gasteiger partial charge in [-0.05, 0) is 33.8 Å². The molecule has 4 aromatic carbocycles. The van der Waals surface area contributed by atoms with E-state index in [4.69, 9.17) is 0 Å². The van der Waals surface area contributed by atoms with Crippen molar-refractivity contribution in [3.8, 4) is 22.3 Å². The molecule has 33 heavy (non-hydrogen) atoms. The van der Waals surface area contributed by atoms with Crippen LogP contribution in [-0.4, -0.2) is 20.9 Å². The molecule has 0 saturated heterocycles. The van der Waals surface area contributed by atoms with Crippen molar-refractivity contribution in [3.05, 3.63) is 131 Å². The third-order valence-electron chi connectivity index (χ3n) is 5.33. The Hall–Kier alpha value is -4.22. The fourth-order valence-electron chi connectivity index (χ4n) is 3.55. The molecule has 0 N–H and O–H groups in total. The van der Waals surface area contributed by atoms with E-state index >= 15 is 0 Å². The van der Waals surface area contributed by atoms with Crippen LogP contribution in [0.2, 0.25) is 0 Å². The molecule has 5 heteroatoms. The second-order valence-electron chi connectivity index (χ2n) is 7.47. The van der Waals surface area contributed by atoms with Gasteiger partial charge in [-0.1, -0.05) is 109 Å². The SMILES string of the molecule is O=C(c1ccc(-c2ccccc2)cc1)c1nsc(C(=O)c2ccc(-c3ccccc3)cc2)n1. The molecule has 5 aromatic rings. The molecule has 158 valence electrons. The van der Waals surface area contributed by atoms with E-state index in [1.807, 2.05) is 84.9 Å². The van der Waals surface area contributed by atoms with E-state index < -0.39 is 0 Å². The molecular weight excluding hydrogens is 428 g/mol. The van der Waals surface area contributed by atoms with E-state index in [0.717, 1.165) is 33.8 Å². The zero-order valence-corrected chi connectivity index (χ0v) is 18.3. The van der Waals surface area contributed by atoms with Gasteiger partial charge < -0.3 is 0 Å². The highest BCUT2D eigenvalue weighted by atomic mass is 32.1. The van der Waals surface area contributed by atoms with Gasteiger partial charge in [0.05, 0.1) is 0 Å². The molecule has 0 amide bonds. The lowest BCUT2D eigenvalue weighted by Gasteiger charge is -2.03. The van der Waals surface area contributed by atoms with Crippen molar-refractivity contribution in [1.29, 1.82) is 0 Å². The molecule has 0 bridgehead atoms. The van der Waals surface area contributed by atoms with Gasteiger partial charge in [0.2, 0.25) is 17.4 Å². The van der Waals surface area contributed by atoms with Crippen molar-refractivity contribution in [3.63, 3.8) is 0 Å². The van der Waals surface area contributed by atoms with Crippen molar-refractivity contribution >= 4 is 23.1 Å². The normalized spacial score (nSPS) is 10.7. The van der Waals surface area contributed by atoms with Gasteiger partial charge in [-0.25, -0.2) is 4.98 Å². The summed E-state index contributed by atoms with van der Waals surface area (Å²) in [4.78, 5) is 29.9. The van der Waals surface area contributed by atoms with Gasteiger partial charge in [0.15, 0.2) is 5.01 Å². The van der Waals surface area contributed by atoms with Crippen LogP contribution in [0.5, 0.6) is 0 Å². The molecule has 5 rings (SSSR count). The molecule has 0 aliphatic rings. The van der Waals surface area contributed by atoms with Crippen molar-refractivity contribution < 1.29 is 9.59 Å². The highest BCUT2D eigenvalue weighted by molar-refractivity contribution is 7.08. The molecule has 0 aliphatic heterocycles. The molecule has 0 aliphatic carbocycles. The Morgan fingerprint density at radius 2 is 0.939 bits per heavy atom. The van der Waals surface area contributed by atoms with Crippen LogP contribution in [0, 0.1) is 0 Å². The topological polar surface area (TPSA) is 59.9 Å². The van der Waals surface area contributed by atoms with Crippen molar-refractivity contribution in [1.82, 2.24) is 9.36 Å². The molecule has 0 radical (unpaired) electrons. The summed E-state index contributed by atoms with van der Waals surface area (Å²) in [6.45, 7) is 0. The number of hydrogen-bond acceptors (Lipinski definition) is 5. The number of benzene rings is 4. The van der Waals surface area contributed by atoms with Crippen LogP contribution in [0.25, 0.3) is 22.3 Å². The van der Waals surface area contributed by atoms with Gasteiger partial charge in [-0.3, -0.25) is 9.59 Å². The van der Waals surface area contributed by atoms with E-state index in [9.17, 15) is 9.59 Å². The zero-order valence-electron chi connectivity index (χ0n) is 17.5. The fourth-order valence-corrected chi connectivity index (χ4v) is 4.17. The van der Waals surface area contributed by atoms with Crippen molar-refractivity contribution in [2.75, 3.05) is 0 Å². The third-order valence-corrected chi connectivity index (χ3v) is 6.05. The first-order valence-corrected chi connectivity index (χ1v) is 11.2. The first-order chi connectivity index (χ1) is 16.2. The van der Waals surface area contributed by atoms with Gasteiger partial charge in [0.1, 0.15) is 0 Å². The smallest absolute Gasteiger partial charge is 0.231 e. The summed E-state index contributed by atoms with van der Waals surface area (Å²) in [6, 6.07) is 34.6. The number of carbonyl (C=O) groups is 2. The van der Waals surface area contributed by atoms with Crippen LogP contribution in [0.3, 0.4) is 0 Å². The van der Waals surface area contributed by atoms with E-state index in [1.54, 1.807) is 24.3 Å². The van der Waals surface area contributed by atoms with Crippen LogP contribution >= 0.6 is 11.5 Å². The van der Waals surface area contributed by atoms with E-state index in [1.165, 1.54) is 0 Å². The summed E-state index contributed by atoms with van der Waals surface area (Å²) in [5.41, 5.74) is 5.20. The Morgan fingerprint density at radius 3 is 1.42 bits per heavy atom. The van der Waals surface area contributed by atoms with Gasteiger partial charge in [-0.15, -0.1) is 0 Å². The number of rotatable bonds is 6. The number of aromatic nitrogens is 2. The number of nitrogens with zero attached hydrogens (tertiary/aromatic N) is 2. The molecule has 0 unspecified atom stereocenters. The maximum absolute atomic E-state index is 12.9. The Morgan fingerprint density at radius 1 is 0.515 bits per heavy atom. The summed E-state index contributed by atoms with van der Waals surface area (Å²) in [7, 11) is 0. The number of hydrogen-bond donors (Lipinski definition) is 0. The summed E-state index contributed by atoms with van der Waals surface area (Å²) in [6.07, 6.45) is 0. The molecule has 0 fully saturated rings. The highest BCUT2D eigenvalue weighted by Crippen LogP contribution is 2.22. The summed E-state index contributed by atoms with van der Waals surface area (Å²) < 4.78 is 4.14. The summed E-state index contributed by atoms with van der Waals surface area (Å²) in [5, 5.41) is 0.201. The first kappa shape index (κ1) is 20.7. The Labute approximate surface area is 195 Å². The minimum atomic E-state index is -0.302. The Balaban J connectivity index is 1.32. The third kappa shape index (κ3) is 4.40. The lowest BCUT2D eigenvalue weighted by Crippen LogP contribution is -2.06. The first-order valence-electron chi connectivity index (χ1n) is 10.4. The van der Waals surface area contributed by atoms with E-state index in [-0.39, 0.29) is 22.4 Å². The highest BCUT2D eigenvalue weighted by Gasteiger charge is 2.20. The summed E-state index contributed by atoms with van der Waals surface area (Å²) in [5.74, 6) is -0.508. The number of carbonyl (C=O) groups excluding carboxylic acids is 2. The lowest BCUT2D eigenvalue weighted by molar-refractivity contribution is 0.103. The van der Waals surface area contributed by atoms with Gasteiger partial charge in [-0.2, -0.15) is 4.37 Å². The van der Waals surface area contributed by atoms with Crippen LogP contribution < -0.4 is 0 Å². The Bertz CT molecular complexity index is 1300. The second kappa shape index (κ2) is 9.10. The molecule has 0 atom stereocenters. The largest absolute Gasteiger partial charge is 0.286 e. The Kier molecular flexibility index (Phi) is 5.70. The quantitative estimate of drug-likeness (QED) is 0.286. The number of ketones is 2. The fraction of sp³-hybridized carbons (Fsp3) is 0. The zero-order chi connectivity index (χ0) is 22.6.